The summed E-state index contributed by atoms with van der Waals surface area (Å²) in [4.78, 5) is 12.1. The lowest BCUT2D eigenvalue weighted by atomic mass is 10.1. The highest BCUT2D eigenvalue weighted by molar-refractivity contribution is 5.91. The number of anilines is 1. The zero-order chi connectivity index (χ0) is 18.9. The van der Waals surface area contributed by atoms with Gasteiger partial charge in [0.05, 0.1) is 7.11 Å². The van der Waals surface area contributed by atoms with E-state index in [-0.39, 0.29) is 12.5 Å². The van der Waals surface area contributed by atoms with E-state index in [9.17, 15) is 4.79 Å². The number of hydrogen-bond donors (Lipinski definition) is 2. The predicted octanol–water partition coefficient (Wildman–Crippen LogP) is 3.91. The molecule has 0 aliphatic rings. The van der Waals surface area contributed by atoms with E-state index >= 15 is 0 Å². The Kier molecular flexibility index (Phi) is 7.48. The molecule has 1 atom stereocenters. The molecule has 0 bridgehead atoms. The Labute approximate surface area is 155 Å². The number of aryl methyl sites for hydroxylation is 1. The molecule has 1 amide bonds. The molecule has 0 heterocycles. The third kappa shape index (κ3) is 6.08. The van der Waals surface area contributed by atoms with Gasteiger partial charge in [-0.25, -0.2) is 0 Å². The first kappa shape index (κ1) is 19.8. The van der Waals surface area contributed by atoms with Gasteiger partial charge < -0.3 is 20.1 Å². The van der Waals surface area contributed by atoms with Crippen molar-refractivity contribution < 1.29 is 14.3 Å². The van der Waals surface area contributed by atoms with Crippen molar-refractivity contribution in [2.75, 3.05) is 19.0 Å². The molecule has 0 fully saturated rings. The molecule has 26 heavy (non-hydrogen) atoms. The van der Waals surface area contributed by atoms with E-state index < -0.39 is 0 Å². The molecule has 5 heteroatoms. The first-order chi connectivity index (χ1) is 12.5. The summed E-state index contributed by atoms with van der Waals surface area (Å²) in [5.41, 5.74) is 3.01. The SMILES string of the molecule is CC[C@@H](C)NCc1ccc(OCC(=O)Nc2ccc(C)cc2)c(OC)c1. The molecule has 0 saturated heterocycles. The number of carbonyl (C=O) groups excluding carboxylic acids is 1. The van der Waals surface area contributed by atoms with Gasteiger partial charge in [-0.3, -0.25) is 4.79 Å². The molecule has 2 aromatic rings. The van der Waals surface area contributed by atoms with E-state index in [0.29, 0.717) is 17.5 Å². The van der Waals surface area contributed by atoms with E-state index in [1.54, 1.807) is 7.11 Å². The fourth-order valence-electron chi connectivity index (χ4n) is 2.35. The van der Waals surface area contributed by atoms with Gasteiger partial charge in [0.2, 0.25) is 0 Å². The second-order valence-electron chi connectivity index (χ2n) is 6.38. The lowest BCUT2D eigenvalue weighted by Crippen LogP contribution is -2.24. The van der Waals surface area contributed by atoms with Gasteiger partial charge in [-0.05, 0) is 50.1 Å². The summed E-state index contributed by atoms with van der Waals surface area (Å²) in [6, 6.07) is 13.8. The Morgan fingerprint density at radius 3 is 2.50 bits per heavy atom. The van der Waals surface area contributed by atoms with Crippen LogP contribution in [-0.2, 0) is 11.3 Å². The number of hydrogen-bond acceptors (Lipinski definition) is 4. The van der Waals surface area contributed by atoms with Crippen molar-refractivity contribution in [3.63, 3.8) is 0 Å². The zero-order valence-electron chi connectivity index (χ0n) is 16.0. The zero-order valence-corrected chi connectivity index (χ0v) is 16.0. The normalized spacial score (nSPS) is 11.7. The molecule has 0 aliphatic heterocycles. The van der Waals surface area contributed by atoms with Gasteiger partial charge in [0.25, 0.3) is 5.91 Å². The predicted molar refractivity (Wildman–Crippen MR) is 105 cm³/mol. The number of ether oxygens (including phenoxy) is 2. The van der Waals surface area contributed by atoms with Gasteiger partial charge in [0.15, 0.2) is 18.1 Å². The van der Waals surface area contributed by atoms with E-state index in [1.807, 2.05) is 49.4 Å². The van der Waals surface area contributed by atoms with Gasteiger partial charge in [-0.1, -0.05) is 30.7 Å². The molecule has 2 rings (SSSR count). The van der Waals surface area contributed by atoms with Crippen molar-refractivity contribution in [1.82, 2.24) is 5.32 Å². The highest BCUT2D eigenvalue weighted by Crippen LogP contribution is 2.28. The minimum Gasteiger partial charge on any atom is -0.493 e. The Morgan fingerprint density at radius 2 is 1.85 bits per heavy atom. The molecule has 140 valence electrons. The van der Waals surface area contributed by atoms with Crippen LogP contribution >= 0.6 is 0 Å². The van der Waals surface area contributed by atoms with Gasteiger partial charge in [0.1, 0.15) is 0 Å². The summed E-state index contributed by atoms with van der Waals surface area (Å²) in [6.45, 7) is 7.00. The number of amides is 1. The molecular formula is C21H28N2O3. The van der Waals surface area contributed by atoms with Crippen LogP contribution in [-0.4, -0.2) is 25.7 Å². The molecule has 0 aliphatic carbocycles. The smallest absolute Gasteiger partial charge is 0.262 e. The summed E-state index contributed by atoms with van der Waals surface area (Å²) in [5, 5.41) is 6.25. The highest BCUT2D eigenvalue weighted by atomic mass is 16.5. The van der Waals surface area contributed by atoms with Crippen molar-refractivity contribution in [3.8, 4) is 11.5 Å². The number of benzene rings is 2. The molecular weight excluding hydrogens is 328 g/mol. The topological polar surface area (TPSA) is 59.6 Å². The van der Waals surface area contributed by atoms with Crippen molar-refractivity contribution >= 4 is 11.6 Å². The van der Waals surface area contributed by atoms with E-state index in [4.69, 9.17) is 9.47 Å². The van der Waals surface area contributed by atoms with Crippen LogP contribution in [0.5, 0.6) is 11.5 Å². The quantitative estimate of drug-likeness (QED) is 0.715. The van der Waals surface area contributed by atoms with Crippen LogP contribution < -0.4 is 20.1 Å². The maximum absolute atomic E-state index is 12.1. The summed E-state index contributed by atoms with van der Waals surface area (Å²) in [7, 11) is 1.60. The number of methoxy groups -OCH3 is 1. The van der Waals surface area contributed by atoms with E-state index in [1.165, 1.54) is 0 Å². The van der Waals surface area contributed by atoms with Crippen LogP contribution in [0.3, 0.4) is 0 Å². The Morgan fingerprint density at radius 1 is 1.12 bits per heavy atom. The maximum atomic E-state index is 12.1. The van der Waals surface area contributed by atoms with E-state index in [2.05, 4.69) is 24.5 Å². The first-order valence-corrected chi connectivity index (χ1v) is 8.91. The molecule has 0 aromatic heterocycles. The van der Waals surface area contributed by atoms with Crippen LogP contribution in [0.1, 0.15) is 31.4 Å². The Balaban J connectivity index is 1.91. The molecule has 0 unspecified atom stereocenters. The molecule has 5 nitrogen and oxygen atoms in total. The Bertz CT molecular complexity index is 714. The third-order valence-corrected chi connectivity index (χ3v) is 4.19. The second kappa shape index (κ2) is 9.82. The van der Waals surface area contributed by atoms with Crippen LogP contribution in [0.25, 0.3) is 0 Å². The van der Waals surface area contributed by atoms with Crippen LogP contribution in [0.4, 0.5) is 5.69 Å². The van der Waals surface area contributed by atoms with Gasteiger partial charge in [-0.15, -0.1) is 0 Å². The number of nitrogens with one attached hydrogen (secondary N) is 2. The standard InChI is InChI=1S/C21H28N2O3/c1-5-16(3)22-13-17-8-11-19(20(12-17)25-4)26-14-21(24)23-18-9-6-15(2)7-10-18/h6-12,16,22H,5,13-14H2,1-4H3,(H,23,24)/t16-/m1/s1. The lowest BCUT2D eigenvalue weighted by molar-refractivity contribution is -0.118. The maximum Gasteiger partial charge on any atom is 0.262 e. The average molecular weight is 356 g/mol. The monoisotopic (exact) mass is 356 g/mol. The summed E-state index contributed by atoms with van der Waals surface area (Å²) < 4.78 is 11.0. The number of rotatable bonds is 9. The second-order valence-corrected chi connectivity index (χ2v) is 6.38. The van der Waals surface area contributed by atoms with Crippen molar-refractivity contribution in [1.29, 1.82) is 0 Å². The number of carbonyl (C=O) groups is 1. The summed E-state index contributed by atoms with van der Waals surface area (Å²) in [5.74, 6) is 0.967. The van der Waals surface area contributed by atoms with Crippen molar-refractivity contribution in [2.24, 2.45) is 0 Å². The van der Waals surface area contributed by atoms with Crippen molar-refractivity contribution in [3.05, 3.63) is 53.6 Å². The summed E-state index contributed by atoms with van der Waals surface area (Å²) in [6.07, 6.45) is 1.08. The largest absolute Gasteiger partial charge is 0.493 e. The lowest BCUT2D eigenvalue weighted by Gasteiger charge is -2.14. The van der Waals surface area contributed by atoms with Gasteiger partial charge in [0, 0.05) is 18.3 Å². The summed E-state index contributed by atoms with van der Waals surface area (Å²) >= 11 is 0. The van der Waals surface area contributed by atoms with Gasteiger partial charge in [-0.2, -0.15) is 0 Å². The molecule has 0 radical (unpaired) electrons. The fraction of sp³-hybridized carbons (Fsp3) is 0.381. The molecule has 2 N–H and O–H groups in total. The first-order valence-electron chi connectivity index (χ1n) is 8.91. The fourth-order valence-corrected chi connectivity index (χ4v) is 2.35. The average Bonchev–Trinajstić information content (AvgIpc) is 2.66. The van der Waals surface area contributed by atoms with Crippen LogP contribution in [0, 0.1) is 6.92 Å². The van der Waals surface area contributed by atoms with Crippen molar-refractivity contribution in [2.45, 2.75) is 39.8 Å². The molecule has 0 saturated carbocycles. The van der Waals surface area contributed by atoms with Gasteiger partial charge >= 0.3 is 0 Å². The Hall–Kier alpha value is -2.53. The highest BCUT2D eigenvalue weighted by Gasteiger charge is 2.09. The van der Waals surface area contributed by atoms with E-state index in [0.717, 1.165) is 29.8 Å². The third-order valence-electron chi connectivity index (χ3n) is 4.19. The minimum atomic E-state index is -0.210. The molecule has 2 aromatic carbocycles. The molecule has 0 spiro atoms. The van der Waals surface area contributed by atoms with Crippen LogP contribution in [0.15, 0.2) is 42.5 Å². The minimum absolute atomic E-state index is 0.0747. The van der Waals surface area contributed by atoms with Crippen LogP contribution in [0.2, 0.25) is 0 Å².